The predicted molar refractivity (Wildman–Crippen MR) is 60.8 cm³/mol. The molecule has 0 unspecified atom stereocenters. The smallest absolute Gasteiger partial charge is 0.492 e. The first-order valence-electron chi connectivity index (χ1n) is 4.73. The van der Waals surface area contributed by atoms with Crippen molar-refractivity contribution in [3.63, 3.8) is 0 Å². The minimum atomic E-state index is -1.66. The number of ether oxygens (including phenoxy) is 1. The molecule has 16 heavy (non-hydrogen) atoms. The van der Waals surface area contributed by atoms with Crippen LogP contribution in [0.2, 0.25) is 0 Å². The van der Waals surface area contributed by atoms with E-state index in [0.717, 1.165) is 0 Å². The van der Waals surface area contributed by atoms with Gasteiger partial charge in [0.1, 0.15) is 5.75 Å². The van der Waals surface area contributed by atoms with Crippen LogP contribution in [0.25, 0.3) is 0 Å². The summed E-state index contributed by atoms with van der Waals surface area (Å²) in [4.78, 5) is 13.1. The highest BCUT2D eigenvalue weighted by atomic mass is 16.5. The Labute approximate surface area is 94.4 Å². The minimum absolute atomic E-state index is 0.176. The van der Waals surface area contributed by atoms with Crippen LogP contribution in [0.5, 0.6) is 5.75 Å². The molecular weight excluding hydrogens is 209 g/mol. The van der Waals surface area contributed by atoms with Crippen molar-refractivity contribution in [1.29, 1.82) is 0 Å². The lowest BCUT2D eigenvalue weighted by atomic mass is 9.78. The second kappa shape index (κ2) is 5.00. The molecule has 0 aliphatic rings. The van der Waals surface area contributed by atoms with Crippen LogP contribution in [0, 0.1) is 0 Å². The summed E-state index contributed by atoms with van der Waals surface area (Å²) in [7, 11) is 3.02. The second-order valence-electron chi connectivity index (χ2n) is 3.53. The molecule has 0 spiro atoms. The van der Waals surface area contributed by atoms with Gasteiger partial charge >= 0.3 is 7.12 Å². The number of amides is 1. The molecule has 0 fully saturated rings. The molecule has 2 N–H and O–H groups in total. The number of benzene rings is 1. The number of carbonyl (C=O) groups excluding carboxylic acids is 1. The number of nitrogens with zero attached hydrogens (tertiary/aromatic N) is 1. The van der Waals surface area contributed by atoms with E-state index in [9.17, 15) is 4.79 Å². The van der Waals surface area contributed by atoms with Crippen LogP contribution in [0.3, 0.4) is 0 Å². The van der Waals surface area contributed by atoms with Gasteiger partial charge in [-0.25, -0.2) is 0 Å². The van der Waals surface area contributed by atoms with Crippen molar-refractivity contribution < 1.29 is 19.6 Å². The molecule has 0 saturated heterocycles. The fourth-order valence-electron chi connectivity index (χ4n) is 1.33. The van der Waals surface area contributed by atoms with Crippen molar-refractivity contribution in [2.75, 3.05) is 21.2 Å². The van der Waals surface area contributed by atoms with Crippen molar-refractivity contribution in [3.05, 3.63) is 23.8 Å². The molecule has 0 bridgehead atoms. The number of methoxy groups -OCH3 is 1. The summed E-state index contributed by atoms with van der Waals surface area (Å²) in [5.74, 6) is 0.134. The first kappa shape index (κ1) is 12.5. The summed E-state index contributed by atoms with van der Waals surface area (Å²) in [5.41, 5.74) is 0.559. The first-order valence-corrected chi connectivity index (χ1v) is 4.73. The molecule has 0 heterocycles. The first-order chi connectivity index (χ1) is 7.47. The van der Waals surface area contributed by atoms with E-state index in [4.69, 9.17) is 14.8 Å². The Bertz CT molecular complexity index is 392. The van der Waals surface area contributed by atoms with E-state index in [1.165, 1.54) is 24.1 Å². The van der Waals surface area contributed by atoms with Gasteiger partial charge in [-0.3, -0.25) is 4.79 Å². The molecule has 1 aromatic carbocycles. The molecule has 86 valence electrons. The lowest BCUT2D eigenvalue weighted by molar-refractivity contribution is 0.0827. The van der Waals surface area contributed by atoms with Crippen molar-refractivity contribution >= 4 is 18.5 Å². The van der Waals surface area contributed by atoms with E-state index >= 15 is 0 Å². The van der Waals surface area contributed by atoms with Gasteiger partial charge in [0.2, 0.25) is 0 Å². The number of hydrogen-bond donors (Lipinski definition) is 2. The maximum Gasteiger partial charge on any atom is 0.492 e. The van der Waals surface area contributed by atoms with E-state index in [2.05, 4.69) is 0 Å². The van der Waals surface area contributed by atoms with Crippen LogP contribution in [-0.2, 0) is 0 Å². The average molecular weight is 223 g/mol. The van der Waals surface area contributed by atoms with E-state index in [-0.39, 0.29) is 11.4 Å². The molecule has 0 aliphatic heterocycles. The summed E-state index contributed by atoms with van der Waals surface area (Å²) >= 11 is 0. The third-order valence-electron chi connectivity index (χ3n) is 2.16. The molecule has 1 aromatic rings. The Morgan fingerprint density at radius 2 is 2.00 bits per heavy atom. The zero-order valence-corrected chi connectivity index (χ0v) is 9.47. The number of hydrogen-bond acceptors (Lipinski definition) is 4. The third kappa shape index (κ3) is 2.53. The maximum atomic E-state index is 11.6. The summed E-state index contributed by atoms with van der Waals surface area (Å²) in [5, 5.41) is 18.3. The molecule has 0 aliphatic carbocycles. The molecule has 0 aromatic heterocycles. The van der Waals surface area contributed by atoms with Crippen LogP contribution in [0.1, 0.15) is 10.4 Å². The Kier molecular flexibility index (Phi) is 3.92. The monoisotopic (exact) mass is 223 g/mol. The molecule has 0 atom stereocenters. The Morgan fingerprint density at radius 3 is 2.44 bits per heavy atom. The number of rotatable bonds is 3. The van der Waals surface area contributed by atoms with E-state index in [1.54, 1.807) is 20.2 Å². The predicted octanol–water partition coefficient (Wildman–Crippen LogP) is -0.923. The fourth-order valence-corrected chi connectivity index (χ4v) is 1.33. The summed E-state index contributed by atoms with van der Waals surface area (Å²) in [6, 6.07) is 4.52. The van der Waals surface area contributed by atoms with Gasteiger partial charge in [0.05, 0.1) is 7.11 Å². The van der Waals surface area contributed by atoms with Gasteiger partial charge in [-0.2, -0.15) is 0 Å². The van der Waals surface area contributed by atoms with Crippen LogP contribution < -0.4 is 10.2 Å². The minimum Gasteiger partial charge on any atom is -0.497 e. The van der Waals surface area contributed by atoms with E-state index in [1.807, 2.05) is 0 Å². The zero-order valence-electron chi connectivity index (χ0n) is 9.47. The maximum absolute atomic E-state index is 11.6. The standard InChI is InChI=1S/C10H14BNO4/c1-12(2)10(13)7-4-5-9(16-3)8(6-7)11(14)15/h4-6,14-15H,1-3H3. The summed E-state index contributed by atoms with van der Waals surface area (Å²) < 4.78 is 4.96. The Balaban J connectivity index is 3.17. The van der Waals surface area contributed by atoms with Gasteiger partial charge in [0.25, 0.3) is 5.91 Å². The Hall–Kier alpha value is -1.53. The van der Waals surface area contributed by atoms with Crippen LogP contribution in [0.4, 0.5) is 0 Å². The molecule has 1 rings (SSSR count). The molecule has 0 saturated carbocycles. The normalized spacial score (nSPS) is 9.81. The van der Waals surface area contributed by atoms with Crippen LogP contribution >= 0.6 is 0 Å². The van der Waals surface area contributed by atoms with E-state index < -0.39 is 7.12 Å². The van der Waals surface area contributed by atoms with Gasteiger partial charge in [-0.05, 0) is 18.2 Å². The molecular formula is C10H14BNO4. The van der Waals surface area contributed by atoms with Crippen LogP contribution in [-0.4, -0.2) is 49.2 Å². The average Bonchev–Trinajstić information content (AvgIpc) is 2.26. The zero-order chi connectivity index (χ0) is 12.3. The lowest BCUT2D eigenvalue weighted by Crippen LogP contribution is -2.33. The summed E-state index contributed by atoms with van der Waals surface area (Å²) in [6.07, 6.45) is 0. The quantitative estimate of drug-likeness (QED) is 0.650. The van der Waals surface area contributed by atoms with Crippen molar-refractivity contribution in [1.82, 2.24) is 4.90 Å². The van der Waals surface area contributed by atoms with E-state index in [0.29, 0.717) is 11.3 Å². The topological polar surface area (TPSA) is 70.0 Å². The van der Waals surface area contributed by atoms with Gasteiger partial charge in [0, 0.05) is 25.1 Å². The number of carbonyl (C=O) groups is 1. The Morgan fingerprint density at radius 1 is 1.38 bits per heavy atom. The van der Waals surface area contributed by atoms with Crippen molar-refractivity contribution in [2.24, 2.45) is 0 Å². The third-order valence-corrected chi connectivity index (χ3v) is 2.16. The molecule has 6 heteroatoms. The van der Waals surface area contributed by atoms with Gasteiger partial charge in [-0.1, -0.05) is 0 Å². The highest BCUT2D eigenvalue weighted by Crippen LogP contribution is 2.11. The lowest BCUT2D eigenvalue weighted by Gasteiger charge is -2.13. The largest absolute Gasteiger partial charge is 0.497 e. The highest BCUT2D eigenvalue weighted by molar-refractivity contribution is 6.59. The van der Waals surface area contributed by atoms with Gasteiger partial charge in [-0.15, -0.1) is 0 Å². The van der Waals surface area contributed by atoms with Crippen molar-refractivity contribution in [3.8, 4) is 5.75 Å². The van der Waals surface area contributed by atoms with Crippen LogP contribution in [0.15, 0.2) is 18.2 Å². The highest BCUT2D eigenvalue weighted by Gasteiger charge is 2.19. The SMILES string of the molecule is COc1ccc(C(=O)N(C)C)cc1B(O)O. The van der Waals surface area contributed by atoms with Gasteiger partial charge < -0.3 is 19.7 Å². The molecule has 0 radical (unpaired) electrons. The fraction of sp³-hybridized carbons (Fsp3) is 0.300. The van der Waals surface area contributed by atoms with Gasteiger partial charge in [0.15, 0.2) is 0 Å². The molecule has 1 amide bonds. The summed E-state index contributed by atoms with van der Waals surface area (Å²) in [6.45, 7) is 0. The molecule has 5 nitrogen and oxygen atoms in total. The second-order valence-corrected chi connectivity index (χ2v) is 3.53. The van der Waals surface area contributed by atoms with Crippen molar-refractivity contribution in [2.45, 2.75) is 0 Å².